The third-order valence-corrected chi connectivity index (χ3v) is 10.9. The van der Waals surface area contributed by atoms with Gasteiger partial charge in [-0.2, -0.15) is 0 Å². The van der Waals surface area contributed by atoms with E-state index < -0.39 is 0 Å². The van der Waals surface area contributed by atoms with Gasteiger partial charge in [-0.15, -0.1) is 0 Å². The number of rotatable bonds is 7. The maximum Gasteiger partial charge on any atom is 0.0541 e. The van der Waals surface area contributed by atoms with Crippen molar-refractivity contribution in [1.82, 2.24) is 4.57 Å². The van der Waals surface area contributed by atoms with E-state index in [1.807, 2.05) is 0 Å². The Labute approximate surface area is 321 Å². The Kier molecular flexibility index (Phi) is 8.08. The van der Waals surface area contributed by atoms with Gasteiger partial charge < -0.3 is 9.47 Å². The molecule has 1 heterocycles. The molecule has 0 fully saturated rings. The second-order valence-electron chi connectivity index (χ2n) is 14.3. The third kappa shape index (κ3) is 5.85. The molecule has 260 valence electrons. The largest absolute Gasteiger partial charge is 0.311 e. The molecule has 0 unspecified atom stereocenters. The molecule has 9 aromatic carbocycles. The quantitative estimate of drug-likeness (QED) is 0.160. The predicted molar refractivity (Wildman–Crippen MR) is 234 cm³/mol. The average Bonchev–Trinajstić information content (AvgIpc) is 3.58. The zero-order valence-corrected chi connectivity index (χ0v) is 30.6. The summed E-state index contributed by atoms with van der Waals surface area (Å²) in [7, 11) is 0. The van der Waals surface area contributed by atoms with Crippen molar-refractivity contribution in [3.05, 3.63) is 218 Å². The Morgan fingerprint density at radius 3 is 1.49 bits per heavy atom. The standard InChI is InChI=1S/C53H38N2/c1-37-22-29-45(30-23-37)55-52-21-9-8-16-50(52)51-36-41(28-35-53(51)55)47-18-11-19-48-46(17-10-20-49(47)48)40-26-33-44(34-27-40)54(42-14-6-3-7-15-42)43-31-24-39(25-32-43)38-12-4-2-5-13-38/h2-36H,1H3. The molecule has 0 saturated carbocycles. The van der Waals surface area contributed by atoms with Gasteiger partial charge in [-0.25, -0.2) is 0 Å². The lowest BCUT2D eigenvalue weighted by Crippen LogP contribution is -2.09. The fourth-order valence-electron chi connectivity index (χ4n) is 8.17. The van der Waals surface area contributed by atoms with Crippen LogP contribution in [-0.2, 0) is 0 Å². The molecule has 55 heavy (non-hydrogen) atoms. The molecule has 10 aromatic rings. The molecule has 0 spiro atoms. The van der Waals surface area contributed by atoms with Crippen molar-refractivity contribution >= 4 is 49.6 Å². The van der Waals surface area contributed by atoms with Gasteiger partial charge in [0.15, 0.2) is 0 Å². The van der Waals surface area contributed by atoms with E-state index in [0.29, 0.717) is 0 Å². The van der Waals surface area contributed by atoms with Crippen LogP contribution in [0, 0.1) is 6.92 Å². The molecule has 0 atom stereocenters. The molecular weight excluding hydrogens is 665 g/mol. The summed E-state index contributed by atoms with van der Waals surface area (Å²) in [5.74, 6) is 0. The Balaban J connectivity index is 1.03. The van der Waals surface area contributed by atoms with Crippen molar-refractivity contribution < 1.29 is 0 Å². The Morgan fingerprint density at radius 1 is 0.327 bits per heavy atom. The molecular formula is C53H38N2. The van der Waals surface area contributed by atoms with Crippen LogP contribution < -0.4 is 4.90 Å². The van der Waals surface area contributed by atoms with Gasteiger partial charge in [-0.3, -0.25) is 0 Å². The van der Waals surface area contributed by atoms with Crippen LogP contribution in [0.1, 0.15) is 5.56 Å². The monoisotopic (exact) mass is 702 g/mol. The predicted octanol–water partition coefficient (Wildman–Crippen LogP) is 14.7. The van der Waals surface area contributed by atoms with Crippen molar-refractivity contribution in [3.8, 4) is 39.1 Å². The number of hydrogen-bond donors (Lipinski definition) is 0. The fraction of sp³-hybridized carbons (Fsp3) is 0.0189. The van der Waals surface area contributed by atoms with E-state index in [2.05, 4.69) is 229 Å². The lowest BCUT2D eigenvalue weighted by Gasteiger charge is -2.26. The van der Waals surface area contributed by atoms with Crippen LogP contribution in [0.5, 0.6) is 0 Å². The second kappa shape index (κ2) is 13.7. The van der Waals surface area contributed by atoms with Crippen molar-refractivity contribution in [2.75, 3.05) is 4.90 Å². The number of hydrogen-bond acceptors (Lipinski definition) is 1. The number of anilines is 3. The minimum Gasteiger partial charge on any atom is -0.311 e. The lowest BCUT2D eigenvalue weighted by molar-refractivity contribution is 1.17. The number of aryl methyl sites for hydroxylation is 1. The maximum atomic E-state index is 2.39. The van der Waals surface area contributed by atoms with E-state index in [9.17, 15) is 0 Å². The summed E-state index contributed by atoms with van der Waals surface area (Å²) in [5, 5.41) is 5.01. The number of para-hydroxylation sites is 2. The first-order valence-corrected chi connectivity index (χ1v) is 18.9. The van der Waals surface area contributed by atoms with Crippen LogP contribution in [0.15, 0.2) is 212 Å². The highest BCUT2D eigenvalue weighted by Crippen LogP contribution is 2.41. The first kappa shape index (κ1) is 32.5. The van der Waals surface area contributed by atoms with Crippen molar-refractivity contribution in [2.45, 2.75) is 6.92 Å². The van der Waals surface area contributed by atoms with Crippen LogP contribution in [0.25, 0.3) is 71.6 Å². The molecule has 0 saturated heterocycles. The Hall–Kier alpha value is -7.16. The first-order valence-electron chi connectivity index (χ1n) is 18.9. The normalized spacial score (nSPS) is 11.4. The van der Waals surface area contributed by atoms with Crippen LogP contribution in [0.2, 0.25) is 0 Å². The summed E-state index contributed by atoms with van der Waals surface area (Å²) in [6.45, 7) is 2.14. The van der Waals surface area contributed by atoms with E-state index in [1.54, 1.807) is 0 Å². The Bertz CT molecular complexity index is 2940. The van der Waals surface area contributed by atoms with Crippen molar-refractivity contribution in [3.63, 3.8) is 0 Å². The van der Waals surface area contributed by atoms with Crippen molar-refractivity contribution in [1.29, 1.82) is 0 Å². The highest BCUT2D eigenvalue weighted by molar-refractivity contribution is 6.12. The lowest BCUT2D eigenvalue weighted by atomic mass is 9.92. The Morgan fingerprint density at radius 2 is 0.818 bits per heavy atom. The third-order valence-electron chi connectivity index (χ3n) is 10.9. The molecule has 2 nitrogen and oxygen atoms in total. The number of benzene rings is 9. The fourth-order valence-corrected chi connectivity index (χ4v) is 8.17. The average molecular weight is 703 g/mol. The number of nitrogens with zero attached hydrogens (tertiary/aromatic N) is 2. The molecule has 0 amide bonds. The van der Waals surface area contributed by atoms with Gasteiger partial charge in [-0.05, 0) is 118 Å². The van der Waals surface area contributed by atoms with Gasteiger partial charge in [0.2, 0.25) is 0 Å². The molecule has 0 bridgehead atoms. The summed E-state index contributed by atoms with van der Waals surface area (Å²) in [4.78, 5) is 2.33. The van der Waals surface area contributed by atoms with Crippen LogP contribution >= 0.6 is 0 Å². The topological polar surface area (TPSA) is 8.17 Å². The molecule has 0 aliphatic rings. The van der Waals surface area contributed by atoms with Crippen molar-refractivity contribution in [2.24, 2.45) is 0 Å². The zero-order chi connectivity index (χ0) is 36.7. The van der Waals surface area contributed by atoms with E-state index in [-0.39, 0.29) is 0 Å². The van der Waals surface area contributed by atoms with E-state index in [4.69, 9.17) is 0 Å². The second-order valence-corrected chi connectivity index (χ2v) is 14.3. The molecule has 10 rings (SSSR count). The summed E-state index contributed by atoms with van der Waals surface area (Å²) in [6, 6.07) is 77.0. The smallest absolute Gasteiger partial charge is 0.0541 e. The summed E-state index contributed by atoms with van der Waals surface area (Å²) >= 11 is 0. The van der Waals surface area contributed by atoms with E-state index in [1.165, 1.54) is 77.2 Å². The van der Waals surface area contributed by atoms with Crippen LogP contribution in [0.4, 0.5) is 17.1 Å². The molecule has 0 aliphatic heterocycles. The van der Waals surface area contributed by atoms with Gasteiger partial charge in [0.1, 0.15) is 0 Å². The zero-order valence-electron chi connectivity index (χ0n) is 30.6. The first-order chi connectivity index (χ1) is 27.2. The summed E-state index contributed by atoms with van der Waals surface area (Å²) in [6.07, 6.45) is 0. The van der Waals surface area contributed by atoms with Crippen LogP contribution in [0.3, 0.4) is 0 Å². The van der Waals surface area contributed by atoms with Gasteiger partial charge >= 0.3 is 0 Å². The van der Waals surface area contributed by atoms with Crippen LogP contribution in [-0.4, -0.2) is 4.57 Å². The van der Waals surface area contributed by atoms with Gasteiger partial charge in [0.05, 0.1) is 11.0 Å². The molecule has 0 N–H and O–H groups in total. The molecule has 0 aliphatic carbocycles. The van der Waals surface area contributed by atoms with Gasteiger partial charge in [0, 0.05) is 33.5 Å². The molecule has 2 heteroatoms. The molecule has 0 radical (unpaired) electrons. The highest BCUT2D eigenvalue weighted by Gasteiger charge is 2.16. The minimum atomic E-state index is 1.11. The van der Waals surface area contributed by atoms with E-state index in [0.717, 1.165) is 17.1 Å². The number of fused-ring (bicyclic) bond motifs is 4. The minimum absolute atomic E-state index is 1.11. The number of aromatic nitrogens is 1. The summed E-state index contributed by atoms with van der Waals surface area (Å²) in [5.41, 5.74) is 15.5. The maximum absolute atomic E-state index is 2.39. The SMILES string of the molecule is Cc1ccc(-n2c3ccccc3c3cc(-c4cccc5c(-c6ccc(N(c7ccccc7)c7ccc(-c8ccccc8)cc7)cc6)cccc45)ccc32)cc1. The molecule has 1 aromatic heterocycles. The highest BCUT2D eigenvalue weighted by atomic mass is 15.1. The van der Waals surface area contributed by atoms with Gasteiger partial charge in [0.25, 0.3) is 0 Å². The van der Waals surface area contributed by atoms with Gasteiger partial charge in [-0.1, -0.05) is 151 Å². The van der Waals surface area contributed by atoms with E-state index >= 15 is 0 Å². The summed E-state index contributed by atoms with van der Waals surface area (Å²) < 4.78 is 2.39.